The van der Waals surface area contributed by atoms with Gasteiger partial charge in [-0.3, -0.25) is 0 Å². The molecule has 0 saturated carbocycles. The molecule has 3 nitrogen and oxygen atoms in total. The Morgan fingerprint density at radius 1 is 1.50 bits per heavy atom. The molecule has 1 aliphatic heterocycles. The molecule has 1 aromatic carbocycles. The Labute approximate surface area is 71.0 Å². The van der Waals surface area contributed by atoms with Crippen LogP contribution in [0.25, 0.3) is 0 Å². The van der Waals surface area contributed by atoms with Gasteiger partial charge in [0, 0.05) is 6.54 Å². The largest absolute Gasteiger partial charge is 0.310 e. The van der Waals surface area contributed by atoms with Crippen LogP contribution in [0.4, 0.5) is 5.69 Å². The summed E-state index contributed by atoms with van der Waals surface area (Å²) in [7, 11) is 0. The number of benzene rings is 1. The number of fused-ring (bicyclic) bond motifs is 1. The molecule has 0 amide bonds. The normalized spacial score (nSPS) is 14.2. The highest BCUT2D eigenvalue weighted by atomic mass is 15.4. The van der Waals surface area contributed by atoms with E-state index in [4.69, 9.17) is 11.1 Å². The quantitative estimate of drug-likeness (QED) is 0.569. The molecule has 2 N–H and O–H groups in total. The first kappa shape index (κ1) is 7.14. The molecule has 1 heterocycles. The average molecular weight is 159 g/mol. The second-order valence-electron chi connectivity index (χ2n) is 2.90. The summed E-state index contributed by atoms with van der Waals surface area (Å²) in [4.78, 5) is 0. The molecule has 1 aliphatic rings. The van der Waals surface area contributed by atoms with Crippen molar-refractivity contribution in [3.63, 3.8) is 0 Å². The van der Waals surface area contributed by atoms with Crippen molar-refractivity contribution in [2.45, 2.75) is 6.42 Å². The third kappa shape index (κ3) is 0.936. The fraction of sp³-hybridized carbons (Fsp3) is 0.222. The van der Waals surface area contributed by atoms with Gasteiger partial charge < -0.3 is 5.01 Å². The molecule has 0 aliphatic carbocycles. The monoisotopic (exact) mass is 159 g/mol. The number of hydrogen-bond acceptors (Lipinski definition) is 3. The van der Waals surface area contributed by atoms with E-state index in [1.165, 1.54) is 5.56 Å². The Morgan fingerprint density at radius 2 is 2.33 bits per heavy atom. The summed E-state index contributed by atoms with van der Waals surface area (Å²) in [6.07, 6.45) is 0.946. The molecular weight excluding hydrogens is 150 g/mol. The standard InChI is InChI=1S/C9H9N3/c10-6-7-1-2-9-8(5-7)3-4-12(9)11/h1-2,5H,3-4,11H2. The van der Waals surface area contributed by atoms with Crippen LogP contribution in [0.5, 0.6) is 0 Å². The van der Waals surface area contributed by atoms with Gasteiger partial charge in [-0.05, 0) is 30.2 Å². The first-order valence-electron chi connectivity index (χ1n) is 3.86. The van der Waals surface area contributed by atoms with Crippen LogP contribution in [0.3, 0.4) is 0 Å². The molecule has 1 aromatic rings. The second-order valence-corrected chi connectivity index (χ2v) is 2.90. The number of nitriles is 1. The SMILES string of the molecule is N#Cc1ccc2c(c1)CCN2N. The van der Waals surface area contributed by atoms with Gasteiger partial charge >= 0.3 is 0 Å². The number of hydrazine groups is 1. The van der Waals surface area contributed by atoms with E-state index in [2.05, 4.69) is 6.07 Å². The smallest absolute Gasteiger partial charge is 0.0991 e. The van der Waals surface area contributed by atoms with E-state index in [1.807, 2.05) is 12.1 Å². The molecule has 0 atom stereocenters. The number of nitrogens with two attached hydrogens (primary N) is 1. The van der Waals surface area contributed by atoms with Crippen LogP contribution in [0.15, 0.2) is 18.2 Å². The van der Waals surface area contributed by atoms with Gasteiger partial charge in [0.2, 0.25) is 0 Å². The Hall–Kier alpha value is -1.53. The minimum atomic E-state index is 0.712. The maximum Gasteiger partial charge on any atom is 0.0991 e. The molecular formula is C9H9N3. The van der Waals surface area contributed by atoms with Crippen molar-refractivity contribution in [3.8, 4) is 6.07 Å². The molecule has 0 aromatic heterocycles. The molecule has 0 radical (unpaired) electrons. The molecule has 3 heteroatoms. The first-order valence-corrected chi connectivity index (χ1v) is 3.86. The highest BCUT2D eigenvalue weighted by molar-refractivity contribution is 5.59. The van der Waals surface area contributed by atoms with Crippen molar-refractivity contribution >= 4 is 5.69 Å². The summed E-state index contributed by atoms with van der Waals surface area (Å²) in [5.41, 5.74) is 2.94. The van der Waals surface area contributed by atoms with Crippen LogP contribution < -0.4 is 10.9 Å². The van der Waals surface area contributed by atoms with Crippen molar-refractivity contribution in [2.24, 2.45) is 5.84 Å². The van der Waals surface area contributed by atoms with Gasteiger partial charge in [-0.15, -0.1) is 0 Å². The Morgan fingerprint density at radius 3 is 3.08 bits per heavy atom. The molecule has 12 heavy (non-hydrogen) atoms. The van der Waals surface area contributed by atoms with Gasteiger partial charge in [0.05, 0.1) is 17.3 Å². The van der Waals surface area contributed by atoms with E-state index >= 15 is 0 Å². The van der Waals surface area contributed by atoms with Gasteiger partial charge in [-0.1, -0.05) is 0 Å². The zero-order chi connectivity index (χ0) is 8.55. The minimum absolute atomic E-state index is 0.712. The lowest BCUT2D eigenvalue weighted by Crippen LogP contribution is -2.27. The summed E-state index contributed by atoms with van der Waals surface area (Å²) in [5, 5.41) is 10.4. The van der Waals surface area contributed by atoms with Gasteiger partial charge in [0.25, 0.3) is 0 Å². The molecule has 60 valence electrons. The lowest BCUT2D eigenvalue weighted by molar-refractivity contribution is 0.891. The Balaban J connectivity index is 2.50. The summed E-state index contributed by atoms with van der Waals surface area (Å²) in [6.45, 7) is 0.851. The number of hydrogen-bond donors (Lipinski definition) is 1. The predicted molar refractivity (Wildman–Crippen MR) is 46.4 cm³/mol. The number of rotatable bonds is 0. The Kier molecular flexibility index (Phi) is 1.49. The first-order chi connectivity index (χ1) is 5.81. The topological polar surface area (TPSA) is 53.0 Å². The van der Waals surface area contributed by atoms with E-state index in [9.17, 15) is 0 Å². The predicted octanol–water partition coefficient (Wildman–Crippen LogP) is 0.794. The molecule has 0 bridgehead atoms. The van der Waals surface area contributed by atoms with E-state index < -0.39 is 0 Å². The highest BCUT2D eigenvalue weighted by Crippen LogP contribution is 2.25. The van der Waals surface area contributed by atoms with E-state index in [0.717, 1.165) is 18.7 Å². The van der Waals surface area contributed by atoms with Crippen molar-refractivity contribution in [3.05, 3.63) is 29.3 Å². The molecule has 2 rings (SSSR count). The highest BCUT2D eigenvalue weighted by Gasteiger charge is 2.15. The summed E-state index contributed by atoms with van der Waals surface area (Å²) in [5.74, 6) is 5.69. The lowest BCUT2D eigenvalue weighted by atomic mass is 10.1. The lowest BCUT2D eigenvalue weighted by Gasteiger charge is -2.10. The third-order valence-electron chi connectivity index (χ3n) is 2.14. The molecule has 0 saturated heterocycles. The second kappa shape index (κ2) is 2.50. The average Bonchev–Trinajstić information content (AvgIpc) is 2.47. The van der Waals surface area contributed by atoms with Crippen LogP contribution in [0, 0.1) is 11.3 Å². The third-order valence-corrected chi connectivity index (χ3v) is 2.14. The van der Waals surface area contributed by atoms with Crippen molar-refractivity contribution in [1.82, 2.24) is 0 Å². The maximum absolute atomic E-state index is 8.64. The summed E-state index contributed by atoms with van der Waals surface area (Å²) in [6, 6.07) is 7.72. The summed E-state index contributed by atoms with van der Waals surface area (Å²) >= 11 is 0. The molecule has 0 spiro atoms. The van der Waals surface area contributed by atoms with Gasteiger partial charge in [-0.2, -0.15) is 5.26 Å². The van der Waals surface area contributed by atoms with Crippen LogP contribution >= 0.6 is 0 Å². The van der Waals surface area contributed by atoms with Crippen molar-refractivity contribution in [1.29, 1.82) is 5.26 Å². The van der Waals surface area contributed by atoms with Crippen molar-refractivity contribution < 1.29 is 0 Å². The Bertz CT molecular complexity index is 351. The zero-order valence-corrected chi connectivity index (χ0v) is 6.62. The maximum atomic E-state index is 8.64. The van der Waals surface area contributed by atoms with Gasteiger partial charge in [0.15, 0.2) is 0 Å². The van der Waals surface area contributed by atoms with Gasteiger partial charge in [-0.25, -0.2) is 5.84 Å². The molecule has 0 fully saturated rings. The van der Waals surface area contributed by atoms with Crippen LogP contribution in [0.1, 0.15) is 11.1 Å². The van der Waals surface area contributed by atoms with Gasteiger partial charge in [0.1, 0.15) is 0 Å². The fourth-order valence-corrected chi connectivity index (χ4v) is 1.50. The van der Waals surface area contributed by atoms with Crippen LogP contribution in [-0.2, 0) is 6.42 Å². The number of nitrogens with zero attached hydrogens (tertiary/aromatic N) is 2. The van der Waals surface area contributed by atoms with E-state index in [0.29, 0.717) is 5.56 Å². The zero-order valence-electron chi connectivity index (χ0n) is 6.62. The minimum Gasteiger partial charge on any atom is -0.310 e. The fourth-order valence-electron chi connectivity index (χ4n) is 1.50. The van der Waals surface area contributed by atoms with Crippen LogP contribution in [0.2, 0.25) is 0 Å². The van der Waals surface area contributed by atoms with Crippen molar-refractivity contribution in [2.75, 3.05) is 11.6 Å². The molecule has 0 unspecified atom stereocenters. The van der Waals surface area contributed by atoms with E-state index in [1.54, 1.807) is 11.1 Å². The summed E-state index contributed by atoms with van der Waals surface area (Å²) < 4.78 is 0. The van der Waals surface area contributed by atoms with Crippen LogP contribution in [-0.4, -0.2) is 6.54 Å². The number of anilines is 1. The van der Waals surface area contributed by atoms with E-state index in [-0.39, 0.29) is 0 Å².